The lowest BCUT2D eigenvalue weighted by Crippen LogP contribution is -2.03. The Balaban J connectivity index is 0.786. The highest BCUT2D eigenvalue weighted by Crippen LogP contribution is 2.46. The van der Waals surface area contributed by atoms with E-state index in [1.54, 1.807) is 0 Å². The smallest absolute Gasteiger partial charge is 0.101 e. The van der Waals surface area contributed by atoms with Crippen LogP contribution in [0.25, 0.3) is 149 Å². The minimum atomic E-state index is 0.262. The predicted octanol–water partition coefficient (Wildman–Crippen LogP) is 20.6. The Morgan fingerprint density at radius 3 is 0.529 bits per heavy atom. The molecular formula is C81H48N6. The lowest BCUT2D eigenvalue weighted by atomic mass is 9.80. The average Bonchev–Trinajstić information content (AvgIpc) is 4.10. The monoisotopic (exact) mass is 1100 g/mol. The molecule has 3 aromatic heterocycles. The summed E-state index contributed by atoms with van der Waals surface area (Å²) in [5.41, 5.74) is 20.4. The van der Waals surface area contributed by atoms with Crippen molar-refractivity contribution in [3.63, 3.8) is 0 Å². The minimum absolute atomic E-state index is 0.262. The van der Waals surface area contributed by atoms with Gasteiger partial charge in [-0.1, -0.05) is 218 Å². The number of benzene rings is 13. The van der Waals surface area contributed by atoms with Crippen molar-refractivity contribution < 1.29 is 0 Å². The number of nitriles is 3. The van der Waals surface area contributed by atoms with Gasteiger partial charge in [0.1, 0.15) is 18.2 Å². The van der Waals surface area contributed by atoms with Crippen molar-refractivity contribution >= 4 is 65.4 Å². The van der Waals surface area contributed by atoms with Gasteiger partial charge in [0.2, 0.25) is 0 Å². The molecule has 0 bridgehead atoms. The van der Waals surface area contributed by atoms with Crippen molar-refractivity contribution in [3.8, 4) is 102 Å². The first kappa shape index (κ1) is 50.5. The van der Waals surface area contributed by atoms with Gasteiger partial charge < -0.3 is 13.7 Å². The molecule has 0 N–H and O–H groups in total. The van der Waals surface area contributed by atoms with Crippen molar-refractivity contribution in [2.24, 2.45) is 0 Å². The molecule has 0 saturated heterocycles. The second kappa shape index (κ2) is 20.6. The van der Waals surface area contributed by atoms with E-state index in [0.29, 0.717) is 33.4 Å². The Labute approximate surface area is 502 Å². The summed E-state index contributed by atoms with van der Waals surface area (Å²) in [6.07, 6.45) is 0. The van der Waals surface area contributed by atoms with Crippen LogP contribution in [0.5, 0.6) is 0 Å². The number of aromatic nitrogens is 3. The van der Waals surface area contributed by atoms with Gasteiger partial charge in [0.15, 0.2) is 0 Å². The molecule has 0 radical (unpaired) electrons. The molecule has 13 aromatic carbocycles. The highest BCUT2D eigenvalue weighted by Gasteiger charge is 2.28. The predicted molar refractivity (Wildman–Crippen MR) is 356 cm³/mol. The Bertz CT molecular complexity index is 4810. The number of nitrogens with zero attached hydrogens (tertiary/aromatic N) is 6. The zero-order chi connectivity index (χ0) is 58.1. The molecule has 0 spiro atoms. The molecule has 0 aliphatic heterocycles. The zero-order valence-electron chi connectivity index (χ0n) is 46.9. The lowest BCUT2D eigenvalue weighted by Gasteiger charge is -2.20. The molecule has 0 atom stereocenters. The van der Waals surface area contributed by atoms with Crippen LogP contribution in [-0.4, -0.2) is 13.7 Å². The molecule has 87 heavy (non-hydrogen) atoms. The van der Waals surface area contributed by atoms with Crippen LogP contribution in [0.1, 0.15) is 16.7 Å². The quantitative estimate of drug-likeness (QED) is 0.144. The summed E-state index contributed by atoms with van der Waals surface area (Å²) in [6.45, 7) is 0. The van der Waals surface area contributed by atoms with Gasteiger partial charge >= 0.3 is 0 Å². The molecular weight excluding hydrogens is 1060 g/mol. The Morgan fingerprint density at radius 1 is 0.184 bits per heavy atom. The molecule has 6 heteroatoms. The third-order valence-electron chi connectivity index (χ3n) is 17.5. The fourth-order valence-electron chi connectivity index (χ4n) is 13.5. The number of hydrogen-bond donors (Lipinski definition) is 0. The van der Waals surface area contributed by atoms with Gasteiger partial charge in [-0.05, 0) is 123 Å². The third-order valence-corrected chi connectivity index (χ3v) is 17.5. The standard InChI is InChI=1S/C81H48N6/c82-49-70-79(58-31-25-52(26-32-58)55-37-43-61(44-38-55)85-73-19-7-1-13-64(73)65-14-2-8-20-74(65)85)71(50-83)81(60-35-29-54(30-36-60)57-41-47-63(48-42-57)87-77-23-11-5-17-68(77)69-18-6-12-24-78(69)87)72(51-84)80(70)59-33-27-53(28-34-59)56-39-45-62(46-40-56)86-75-21-9-3-15-66(75)67-16-4-10-22-76(67)86/h1-48H. The van der Waals surface area contributed by atoms with Gasteiger partial charge in [0, 0.05) is 66.1 Å². The molecule has 0 aliphatic carbocycles. The van der Waals surface area contributed by atoms with Gasteiger partial charge in [-0.15, -0.1) is 0 Å². The van der Waals surface area contributed by atoms with Crippen molar-refractivity contribution in [1.82, 2.24) is 13.7 Å². The second-order valence-corrected chi connectivity index (χ2v) is 22.1. The van der Waals surface area contributed by atoms with Gasteiger partial charge in [0.05, 0.1) is 49.8 Å². The molecule has 0 unspecified atom stereocenters. The molecule has 16 aromatic rings. The maximum Gasteiger partial charge on any atom is 0.101 e. The summed E-state index contributed by atoms with van der Waals surface area (Å²) in [5, 5.41) is 41.6. The number of rotatable bonds is 9. The average molecular weight is 1110 g/mol. The van der Waals surface area contributed by atoms with Crippen LogP contribution in [0, 0.1) is 34.0 Å². The largest absolute Gasteiger partial charge is 0.309 e. The normalized spacial score (nSPS) is 11.4. The van der Waals surface area contributed by atoms with Crippen LogP contribution in [0.3, 0.4) is 0 Å². The highest BCUT2D eigenvalue weighted by atomic mass is 15.0. The molecule has 402 valence electrons. The van der Waals surface area contributed by atoms with Gasteiger partial charge in [-0.25, -0.2) is 0 Å². The minimum Gasteiger partial charge on any atom is -0.309 e. The molecule has 0 fully saturated rings. The number of fused-ring (bicyclic) bond motifs is 9. The van der Waals surface area contributed by atoms with Crippen molar-refractivity contribution in [1.29, 1.82) is 15.8 Å². The Hall–Kier alpha value is -12.3. The topological polar surface area (TPSA) is 86.2 Å². The van der Waals surface area contributed by atoms with Crippen molar-refractivity contribution in [2.75, 3.05) is 0 Å². The van der Waals surface area contributed by atoms with E-state index < -0.39 is 0 Å². The van der Waals surface area contributed by atoms with E-state index in [1.807, 2.05) is 72.8 Å². The first-order chi connectivity index (χ1) is 43.0. The van der Waals surface area contributed by atoms with E-state index in [9.17, 15) is 15.8 Å². The van der Waals surface area contributed by atoms with Crippen LogP contribution < -0.4 is 0 Å². The fraction of sp³-hybridized carbons (Fsp3) is 0. The van der Waals surface area contributed by atoms with E-state index in [4.69, 9.17) is 0 Å². The van der Waals surface area contributed by atoms with Crippen LogP contribution in [0.4, 0.5) is 0 Å². The first-order valence-electron chi connectivity index (χ1n) is 29.1. The van der Waals surface area contributed by atoms with Crippen molar-refractivity contribution in [2.45, 2.75) is 0 Å². The SMILES string of the molecule is N#Cc1c(-c2ccc(-c3ccc(-n4c5ccccc5c5ccccc54)cc3)cc2)c(C#N)c(-c2ccc(-c3ccc(-n4c5ccccc5c5ccccc54)cc3)cc2)c(C#N)c1-c1ccc(-c2ccc(-n3c4ccccc4c4ccccc43)cc2)cc1. The highest BCUT2D eigenvalue weighted by molar-refractivity contribution is 6.11. The van der Waals surface area contributed by atoms with Crippen LogP contribution in [-0.2, 0) is 0 Å². The van der Waals surface area contributed by atoms with E-state index in [2.05, 4.69) is 250 Å². The van der Waals surface area contributed by atoms with E-state index in [0.717, 1.165) is 83.5 Å². The van der Waals surface area contributed by atoms with E-state index >= 15 is 0 Å². The second-order valence-electron chi connectivity index (χ2n) is 22.1. The van der Waals surface area contributed by atoms with Gasteiger partial charge in [-0.3, -0.25) is 0 Å². The molecule has 0 saturated carbocycles. The maximum atomic E-state index is 11.4. The van der Waals surface area contributed by atoms with Crippen LogP contribution in [0.15, 0.2) is 291 Å². The number of hydrogen-bond acceptors (Lipinski definition) is 3. The van der Waals surface area contributed by atoms with E-state index in [1.165, 1.54) is 32.3 Å². The summed E-state index contributed by atoms with van der Waals surface area (Å²) in [4.78, 5) is 0. The molecule has 0 aliphatic rings. The molecule has 3 heterocycles. The maximum absolute atomic E-state index is 11.4. The zero-order valence-corrected chi connectivity index (χ0v) is 46.9. The van der Waals surface area contributed by atoms with Crippen molar-refractivity contribution in [3.05, 3.63) is 308 Å². The van der Waals surface area contributed by atoms with Crippen LogP contribution in [0.2, 0.25) is 0 Å². The summed E-state index contributed by atoms with van der Waals surface area (Å²) >= 11 is 0. The summed E-state index contributed by atoms with van der Waals surface area (Å²) in [6, 6.07) is 109. The Morgan fingerprint density at radius 2 is 0.345 bits per heavy atom. The van der Waals surface area contributed by atoms with E-state index in [-0.39, 0.29) is 16.7 Å². The molecule has 16 rings (SSSR count). The Kier molecular flexibility index (Phi) is 11.9. The summed E-state index contributed by atoms with van der Waals surface area (Å²) in [5.74, 6) is 0. The van der Waals surface area contributed by atoms with Crippen LogP contribution >= 0.6 is 0 Å². The third kappa shape index (κ3) is 8.15. The molecule has 0 amide bonds. The molecule has 6 nitrogen and oxygen atoms in total. The first-order valence-corrected chi connectivity index (χ1v) is 29.1. The number of para-hydroxylation sites is 6. The lowest BCUT2D eigenvalue weighted by molar-refractivity contribution is 1.18. The summed E-state index contributed by atoms with van der Waals surface area (Å²) < 4.78 is 6.92. The van der Waals surface area contributed by atoms with Gasteiger partial charge in [-0.2, -0.15) is 15.8 Å². The summed E-state index contributed by atoms with van der Waals surface area (Å²) in [7, 11) is 0. The fourth-order valence-corrected chi connectivity index (χ4v) is 13.5. The van der Waals surface area contributed by atoms with Gasteiger partial charge in [0.25, 0.3) is 0 Å².